The van der Waals surface area contributed by atoms with Crippen molar-refractivity contribution >= 4 is 11.5 Å². The Labute approximate surface area is 192 Å². The van der Waals surface area contributed by atoms with Gasteiger partial charge in [0, 0.05) is 44.6 Å². The number of carbonyl (C=O) groups is 1. The SMILES string of the molecule is C#C[C@]1(OC)CC[C@H]2[C@@H]3CCC4=CC(=O)C[C@@H](c5ccc(N(C)C)cc5)C4=C3CCC21C. The van der Waals surface area contributed by atoms with Crippen LogP contribution < -0.4 is 4.90 Å². The fourth-order valence-electron chi connectivity index (χ4n) is 7.55. The van der Waals surface area contributed by atoms with Crippen LogP contribution in [0.3, 0.4) is 0 Å². The van der Waals surface area contributed by atoms with Crippen LogP contribution in [-0.2, 0) is 9.53 Å². The lowest BCUT2D eigenvalue weighted by Gasteiger charge is -2.52. The Kier molecular flexibility index (Phi) is 5.13. The number of hydrogen-bond donors (Lipinski definition) is 0. The van der Waals surface area contributed by atoms with E-state index in [1.165, 1.54) is 22.4 Å². The minimum absolute atomic E-state index is 0.0276. The summed E-state index contributed by atoms with van der Waals surface area (Å²) in [5.74, 6) is 4.65. The molecule has 0 bridgehead atoms. The molecule has 0 heterocycles. The molecule has 1 aromatic rings. The second-order valence-electron chi connectivity index (χ2n) is 10.7. The molecule has 4 aliphatic rings. The molecule has 168 valence electrons. The van der Waals surface area contributed by atoms with E-state index in [2.05, 4.69) is 56.1 Å². The number of hydrogen-bond acceptors (Lipinski definition) is 3. The fourth-order valence-corrected chi connectivity index (χ4v) is 7.55. The van der Waals surface area contributed by atoms with Crippen LogP contribution in [-0.4, -0.2) is 32.6 Å². The highest BCUT2D eigenvalue weighted by molar-refractivity contribution is 5.94. The molecule has 0 aromatic heterocycles. The van der Waals surface area contributed by atoms with Crippen molar-refractivity contribution < 1.29 is 9.53 Å². The van der Waals surface area contributed by atoms with Crippen molar-refractivity contribution in [2.75, 3.05) is 26.1 Å². The van der Waals surface area contributed by atoms with E-state index in [9.17, 15) is 4.79 Å². The van der Waals surface area contributed by atoms with Gasteiger partial charge in [-0.15, -0.1) is 6.42 Å². The van der Waals surface area contributed by atoms with E-state index in [1.54, 1.807) is 12.7 Å². The number of allylic oxidation sites excluding steroid dienone is 4. The Hall–Kier alpha value is -2.31. The minimum atomic E-state index is -0.437. The summed E-state index contributed by atoms with van der Waals surface area (Å²) < 4.78 is 6.03. The Morgan fingerprint density at radius 1 is 1.12 bits per heavy atom. The molecule has 0 aliphatic heterocycles. The van der Waals surface area contributed by atoms with Crippen LogP contribution in [0.4, 0.5) is 5.69 Å². The third-order valence-electron chi connectivity index (χ3n) is 9.29. The number of ketones is 1. The molecule has 32 heavy (non-hydrogen) atoms. The van der Waals surface area contributed by atoms with Crippen LogP contribution in [0.2, 0.25) is 0 Å². The van der Waals surface area contributed by atoms with Gasteiger partial charge in [0.05, 0.1) is 0 Å². The molecule has 3 heteroatoms. The maximum Gasteiger partial charge on any atom is 0.156 e. The van der Waals surface area contributed by atoms with Gasteiger partial charge in [-0.1, -0.05) is 30.6 Å². The standard InChI is InChI=1S/C29H35NO2/c1-6-29(32-5)16-14-26-23-12-9-20-17-22(31)18-25(19-7-10-21(11-8-19)30(3)4)27(20)24(23)13-15-28(26,29)2/h1,7-8,10-11,17,23,25-26H,9,12-16,18H2,2-5H3/t23-,25+,26+,28?,29+/m1/s1. The first kappa shape index (κ1) is 21.5. The quantitative estimate of drug-likeness (QED) is 0.580. The van der Waals surface area contributed by atoms with Gasteiger partial charge >= 0.3 is 0 Å². The number of ether oxygens (including phenoxy) is 1. The normalized spacial score (nSPS) is 36.0. The average molecular weight is 430 g/mol. The summed E-state index contributed by atoms with van der Waals surface area (Å²) in [6.07, 6.45) is 15.0. The summed E-state index contributed by atoms with van der Waals surface area (Å²) in [7, 11) is 5.92. The molecule has 5 rings (SSSR count). The van der Waals surface area contributed by atoms with Crippen molar-refractivity contribution in [2.45, 2.75) is 63.4 Å². The Morgan fingerprint density at radius 3 is 2.53 bits per heavy atom. The molecular weight excluding hydrogens is 394 g/mol. The Balaban J connectivity index is 1.57. The van der Waals surface area contributed by atoms with Gasteiger partial charge in [-0.3, -0.25) is 4.79 Å². The van der Waals surface area contributed by atoms with E-state index in [4.69, 9.17) is 11.2 Å². The van der Waals surface area contributed by atoms with Crippen molar-refractivity contribution in [1.29, 1.82) is 0 Å². The van der Waals surface area contributed by atoms with E-state index in [0.717, 1.165) is 38.5 Å². The van der Waals surface area contributed by atoms with Crippen molar-refractivity contribution in [3.8, 4) is 12.3 Å². The van der Waals surface area contributed by atoms with Crippen molar-refractivity contribution in [3.63, 3.8) is 0 Å². The summed E-state index contributed by atoms with van der Waals surface area (Å²) in [4.78, 5) is 14.8. The molecule has 0 saturated heterocycles. The van der Waals surface area contributed by atoms with E-state index >= 15 is 0 Å². The molecule has 0 N–H and O–H groups in total. The van der Waals surface area contributed by atoms with E-state index < -0.39 is 5.60 Å². The highest BCUT2D eigenvalue weighted by atomic mass is 16.5. The first-order valence-corrected chi connectivity index (χ1v) is 12.1. The molecule has 0 radical (unpaired) electrons. The number of nitrogens with zero attached hydrogens (tertiary/aromatic N) is 1. The van der Waals surface area contributed by atoms with Gasteiger partial charge in [0.2, 0.25) is 0 Å². The Bertz CT molecular complexity index is 1040. The average Bonchev–Trinajstić information content (AvgIpc) is 3.10. The predicted octanol–water partition coefficient (Wildman–Crippen LogP) is 5.67. The smallest absolute Gasteiger partial charge is 0.156 e. The second-order valence-corrected chi connectivity index (χ2v) is 10.7. The number of anilines is 1. The topological polar surface area (TPSA) is 29.5 Å². The molecule has 0 amide bonds. The van der Waals surface area contributed by atoms with Crippen LogP contribution in [0.1, 0.15) is 63.4 Å². The number of methoxy groups -OCH3 is 1. The van der Waals surface area contributed by atoms with Gasteiger partial charge in [0.25, 0.3) is 0 Å². The van der Waals surface area contributed by atoms with Crippen molar-refractivity contribution in [2.24, 2.45) is 17.3 Å². The maximum atomic E-state index is 12.7. The lowest BCUT2D eigenvalue weighted by Crippen LogP contribution is -2.50. The molecule has 0 spiro atoms. The zero-order valence-electron chi connectivity index (χ0n) is 19.9. The number of benzene rings is 1. The van der Waals surface area contributed by atoms with E-state index in [-0.39, 0.29) is 17.1 Å². The van der Waals surface area contributed by atoms with Crippen LogP contribution in [0.15, 0.2) is 47.1 Å². The number of terminal acetylenes is 1. The molecule has 5 atom stereocenters. The van der Waals surface area contributed by atoms with Gasteiger partial charge in [-0.2, -0.15) is 0 Å². The zero-order valence-corrected chi connectivity index (χ0v) is 19.9. The molecule has 1 unspecified atom stereocenters. The fraction of sp³-hybridized carbons (Fsp3) is 0.552. The number of rotatable bonds is 3. The van der Waals surface area contributed by atoms with Gasteiger partial charge in [0.1, 0.15) is 5.60 Å². The molecule has 3 nitrogen and oxygen atoms in total. The lowest BCUT2D eigenvalue weighted by molar-refractivity contribution is -0.115. The van der Waals surface area contributed by atoms with E-state index in [0.29, 0.717) is 18.3 Å². The number of fused-ring (bicyclic) bond motifs is 4. The van der Waals surface area contributed by atoms with Gasteiger partial charge in [-0.05, 0) is 85.3 Å². The highest BCUT2D eigenvalue weighted by Gasteiger charge is 2.61. The summed E-state index contributed by atoms with van der Waals surface area (Å²) >= 11 is 0. The van der Waals surface area contributed by atoms with Crippen molar-refractivity contribution in [3.05, 3.63) is 52.6 Å². The largest absolute Gasteiger partial charge is 0.378 e. The molecule has 2 fully saturated rings. The van der Waals surface area contributed by atoms with Gasteiger partial charge in [-0.25, -0.2) is 0 Å². The second kappa shape index (κ2) is 7.63. The van der Waals surface area contributed by atoms with Crippen LogP contribution in [0.5, 0.6) is 0 Å². The summed E-state index contributed by atoms with van der Waals surface area (Å²) in [5, 5.41) is 0. The van der Waals surface area contributed by atoms with Crippen LogP contribution in [0, 0.1) is 29.6 Å². The van der Waals surface area contributed by atoms with Gasteiger partial charge < -0.3 is 9.64 Å². The monoisotopic (exact) mass is 429 g/mol. The third kappa shape index (κ3) is 2.96. The van der Waals surface area contributed by atoms with E-state index in [1.807, 2.05) is 6.08 Å². The summed E-state index contributed by atoms with van der Waals surface area (Å²) in [5.41, 5.74) is 6.45. The maximum absolute atomic E-state index is 12.7. The third-order valence-corrected chi connectivity index (χ3v) is 9.29. The predicted molar refractivity (Wildman–Crippen MR) is 130 cm³/mol. The van der Waals surface area contributed by atoms with Gasteiger partial charge in [0.15, 0.2) is 5.78 Å². The lowest BCUT2D eigenvalue weighted by atomic mass is 9.54. The Morgan fingerprint density at radius 2 is 1.88 bits per heavy atom. The molecule has 4 aliphatic carbocycles. The molecule has 2 saturated carbocycles. The minimum Gasteiger partial charge on any atom is -0.378 e. The van der Waals surface area contributed by atoms with Crippen molar-refractivity contribution in [1.82, 2.24) is 0 Å². The first-order chi connectivity index (χ1) is 15.3. The van der Waals surface area contributed by atoms with Crippen LogP contribution in [0.25, 0.3) is 0 Å². The highest BCUT2D eigenvalue weighted by Crippen LogP contribution is 2.65. The number of carbonyl (C=O) groups excluding carboxylic acids is 1. The van der Waals surface area contributed by atoms with Crippen LogP contribution >= 0.6 is 0 Å². The first-order valence-electron chi connectivity index (χ1n) is 12.1. The summed E-state index contributed by atoms with van der Waals surface area (Å²) in [6, 6.07) is 8.81. The molecular formula is C29H35NO2. The zero-order chi connectivity index (χ0) is 22.7. The molecule has 1 aromatic carbocycles. The summed E-state index contributed by atoms with van der Waals surface area (Å²) in [6.45, 7) is 2.38.